The highest BCUT2D eigenvalue weighted by atomic mass is 16.3. The van der Waals surface area contributed by atoms with Crippen LogP contribution in [0.2, 0.25) is 0 Å². The van der Waals surface area contributed by atoms with Gasteiger partial charge in [-0.3, -0.25) is 0 Å². The van der Waals surface area contributed by atoms with E-state index >= 15 is 0 Å². The fourth-order valence-corrected chi connectivity index (χ4v) is 9.08. The summed E-state index contributed by atoms with van der Waals surface area (Å²) in [6.07, 6.45) is 0. The second-order valence-corrected chi connectivity index (χ2v) is 14.3. The summed E-state index contributed by atoms with van der Waals surface area (Å²) in [5.41, 5.74) is 10.8. The average molecular weight is 687 g/mol. The van der Waals surface area contributed by atoms with Gasteiger partial charge in [-0.05, 0) is 107 Å². The molecule has 2 nitrogen and oxygen atoms in total. The van der Waals surface area contributed by atoms with E-state index in [0.717, 1.165) is 60.2 Å². The molecular formula is C52H30O2. The van der Waals surface area contributed by atoms with E-state index in [4.69, 9.17) is 8.83 Å². The Hall–Kier alpha value is -7.16. The van der Waals surface area contributed by atoms with Crippen LogP contribution in [-0.4, -0.2) is 0 Å². The van der Waals surface area contributed by atoms with E-state index in [0.29, 0.717) is 0 Å². The molecule has 10 aromatic carbocycles. The first-order valence-electron chi connectivity index (χ1n) is 18.5. The lowest BCUT2D eigenvalue weighted by molar-refractivity contribution is 0.664. The first kappa shape index (κ1) is 29.4. The van der Waals surface area contributed by atoms with Gasteiger partial charge in [-0.2, -0.15) is 0 Å². The van der Waals surface area contributed by atoms with Crippen LogP contribution in [0.15, 0.2) is 191 Å². The number of para-hydroxylation sites is 1. The van der Waals surface area contributed by atoms with Crippen LogP contribution >= 0.6 is 0 Å². The summed E-state index contributed by atoms with van der Waals surface area (Å²) in [6.45, 7) is 0. The van der Waals surface area contributed by atoms with E-state index in [1.807, 2.05) is 24.3 Å². The molecular weight excluding hydrogens is 657 g/mol. The molecule has 0 bridgehead atoms. The molecule has 0 aliphatic rings. The van der Waals surface area contributed by atoms with Gasteiger partial charge in [0.05, 0.1) is 0 Å². The molecule has 0 saturated carbocycles. The summed E-state index contributed by atoms with van der Waals surface area (Å²) in [5, 5.41) is 14.1. The topological polar surface area (TPSA) is 26.3 Å². The smallest absolute Gasteiger partial charge is 0.143 e. The Morgan fingerprint density at radius 1 is 0.278 bits per heavy atom. The predicted octanol–water partition coefficient (Wildman–Crippen LogP) is 15.1. The van der Waals surface area contributed by atoms with E-state index in [1.165, 1.54) is 60.1 Å². The predicted molar refractivity (Wildman–Crippen MR) is 227 cm³/mol. The number of hydrogen-bond acceptors (Lipinski definition) is 2. The second kappa shape index (κ2) is 11.2. The molecule has 0 aliphatic heterocycles. The van der Waals surface area contributed by atoms with Crippen LogP contribution in [-0.2, 0) is 0 Å². The van der Waals surface area contributed by atoms with Crippen molar-refractivity contribution < 1.29 is 8.83 Å². The van der Waals surface area contributed by atoms with Crippen molar-refractivity contribution in [3.8, 4) is 33.4 Å². The van der Waals surface area contributed by atoms with Crippen molar-refractivity contribution in [2.24, 2.45) is 0 Å². The third-order valence-corrected chi connectivity index (χ3v) is 11.4. The molecule has 0 aliphatic carbocycles. The first-order chi connectivity index (χ1) is 26.8. The molecule has 0 atom stereocenters. The maximum Gasteiger partial charge on any atom is 0.143 e. The monoisotopic (exact) mass is 686 g/mol. The molecule has 2 heteroatoms. The zero-order valence-corrected chi connectivity index (χ0v) is 29.1. The van der Waals surface area contributed by atoms with Gasteiger partial charge in [0.1, 0.15) is 22.3 Å². The minimum Gasteiger partial charge on any atom is -0.456 e. The summed E-state index contributed by atoms with van der Waals surface area (Å²) in [7, 11) is 0. The summed E-state index contributed by atoms with van der Waals surface area (Å²) >= 11 is 0. The van der Waals surface area contributed by atoms with Gasteiger partial charge in [-0.1, -0.05) is 146 Å². The molecule has 12 aromatic rings. The second-order valence-electron chi connectivity index (χ2n) is 14.3. The quantitative estimate of drug-likeness (QED) is 0.173. The highest BCUT2D eigenvalue weighted by Crippen LogP contribution is 2.47. The van der Waals surface area contributed by atoms with Crippen LogP contribution in [0.3, 0.4) is 0 Å². The van der Waals surface area contributed by atoms with Gasteiger partial charge in [-0.25, -0.2) is 0 Å². The number of benzene rings is 10. The minimum atomic E-state index is 0.865. The summed E-state index contributed by atoms with van der Waals surface area (Å²) < 4.78 is 13.0. The highest BCUT2D eigenvalue weighted by molar-refractivity contribution is 6.29. The summed E-state index contributed by atoms with van der Waals surface area (Å²) in [6, 6.07) is 65.7. The van der Waals surface area contributed by atoms with Crippen molar-refractivity contribution >= 4 is 87.0 Å². The molecule has 250 valence electrons. The Morgan fingerprint density at radius 2 is 0.815 bits per heavy atom. The number of furan rings is 2. The molecule has 54 heavy (non-hydrogen) atoms. The highest BCUT2D eigenvalue weighted by Gasteiger charge is 2.21. The fourth-order valence-electron chi connectivity index (χ4n) is 9.08. The molecule has 2 heterocycles. The summed E-state index contributed by atoms with van der Waals surface area (Å²) in [4.78, 5) is 0. The van der Waals surface area contributed by atoms with Crippen LogP contribution in [0.5, 0.6) is 0 Å². The lowest BCUT2D eigenvalue weighted by Gasteiger charge is -2.18. The standard InChI is InChI=1S/C52H30O2/c1-2-13-32-28-35(25-24-31(32)12-1)49-39-19-6-4-17-37(39)48(38-18-5-7-20-40(38)49)34-15-11-14-33(29-34)43-30-44-51-47(54-52(44)41-21-8-3-16-36(41)43)27-26-46-50(51)42-22-9-10-23-45(42)53-46/h1-30H. The van der Waals surface area contributed by atoms with Gasteiger partial charge < -0.3 is 8.83 Å². The molecule has 0 radical (unpaired) electrons. The van der Waals surface area contributed by atoms with E-state index in [2.05, 4.69) is 158 Å². The van der Waals surface area contributed by atoms with Gasteiger partial charge in [-0.15, -0.1) is 0 Å². The zero-order valence-electron chi connectivity index (χ0n) is 29.1. The van der Waals surface area contributed by atoms with E-state index in [9.17, 15) is 0 Å². The Labute approximate surface area is 310 Å². The molecule has 0 N–H and O–H groups in total. The SMILES string of the molecule is c1cc(-c2c3ccccc3c(-c3ccc4ccccc4c3)c3ccccc23)cc(-c2cc3c(oc4ccc5oc6ccccc6c5c43)c3ccccc23)c1. The number of rotatable bonds is 3. The van der Waals surface area contributed by atoms with Crippen LogP contribution < -0.4 is 0 Å². The average Bonchev–Trinajstić information content (AvgIpc) is 3.81. The van der Waals surface area contributed by atoms with Crippen molar-refractivity contribution in [1.82, 2.24) is 0 Å². The molecule has 0 spiro atoms. The van der Waals surface area contributed by atoms with Crippen LogP contribution in [0.25, 0.3) is 120 Å². The molecule has 0 fully saturated rings. The van der Waals surface area contributed by atoms with Crippen molar-refractivity contribution in [3.63, 3.8) is 0 Å². The third-order valence-electron chi connectivity index (χ3n) is 11.4. The van der Waals surface area contributed by atoms with E-state index in [1.54, 1.807) is 0 Å². The maximum absolute atomic E-state index is 6.70. The largest absolute Gasteiger partial charge is 0.456 e. The van der Waals surface area contributed by atoms with Gasteiger partial charge in [0, 0.05) is 26.9 Å². The van der Waals surface area contributed by atoms with Gasteiger partial charge in [0.15, 0.2) is 0 Å². The fraction of sp³-hybridized carbons (Fsp3) is 0. The maximum atomic E-state index is 6.70. The summed E-state index contributed by atoms with van der Waals surface area (Å²) in [5.74, 6) is 0. The molecule has 0 amide bonds. The minimum absolute atomic E-state index is 0.865. The molecule has 12 rings (SSSR count). The van der Waals surface area contributed by atoms with Crippen molar-refractivity contribution in [1.29, 1.82) is 0 Å². The first-order valence-corrected chi connectivity index (χ1v) is 18.5. The van der Waals surface area contributed by atoms with Gasteiger partial charge >= 0.3 is 0 Å². The molecule has 0 unspecified atom stereocenters. The number of fused-ring (bicyclic) bond motifs is 12. The Kier molecular flexibility index (Phi) is 6.09. The van der Waals surface area contributed by atoms with Crippen molar-refractivity contribution in [2.45, 2.75) is 0 Å². The van der Waals surface area contributed by atoms with Gasteiger partial charge in [0.25, 0.3) is 0 Å². The zero-order chi connectivity index (χ0) is 35.3. The third kappa shape index (κ3) is 4.17. The Bertz CT molecular complexity index is 3450. The van der Waals surface area contributed by atoms with Crippen LogP contribution in [0.4, 0.5) is 0 Å². The Morgan fingerprint density at radius 3 is 1.54 bits per heavy atom. The van der Waals surface area contributed by atoms with Gasteiger partial charge in [0.2, 0.25) is 0 Å². The van der Waals surface area contributed by atoms with Crippen LogP contribution in [0, 0.1) is 0 Å². The van der Waals surface area contributed by atoms with Crippen molar-refractivity contribution in [2.75, 3.05) is 0 Å². The van der Waals surface area contributed by atoms with Crippen LogP contribution in [0.1, 0.15) is 0 Å². The van der Waals surface area contributed by atoms with Crippen molar-refractivity contribution in [3.05, 3.63) is 182 Å². The molecule has 0 saturated heterocycles. The van der Waals surface area contributed by atoms with E-state index < -0.39 is 0 Å². The lowest BCUT2D eigenvalue weighted by Crippen LogP contribution is -1.91. The molecule has 2 aromatic heterocycles. The Balaban J connectivity index is 1.13. The normalized spacial score (nSPS) is 12.1. The number of hydrogen-bond donors (Lipinski definition) is 0. The lowest BCUT2D eigenvalue weighted by atomic mass is 9.85. The van der Waals surface area contributed by atoms with E-state index in [-0.39, 0.29) is 0 Å².